The lowest BCUT2D eigenvalue weighted by atomic mass is 9.87. The number of imidazole rings is 1. The lowest BCUT2D eigenvalue weighted by Gasteiger charge is -2.23. The quantitative estimate of drug-likeness (QED) is 0.206. The SMILES string of the molecule is Cc1cc2nc(CCC(NC(=O)OC(C)(C)C)C(=O)OCc3ccccc3)n(Cc3ccc(C(C)(C)C)cc3)c2cc1C. The van der Waals surface area contributed by atoms with E-state index in [-0.39, 0.29) is 12.0 Å². The van der Waals surface area contributed by atoms with Crippen molar-refractivity contribution in [2.75, 3.05) is 0 Å². The summed E-state index contributed by atoms with van der Waals surface area (Å²) in [6.07, 6.45) is 0.0954. The van der Waals surface area contributed by atoms with Crippen LogP contribution in [0.3, 0.4) is 0 Å². The lowest BCUT2D eigenvalue weighted by Crippen LogP contribution is -2.44. The summed E-state index contributed by atoms with van der Waals surface area (Å²) in [6.45, 7) is 16.9. The molecule has 7 nitrogen and oxygen atoms in total. The maximum Gasteiger partial charge on any atom is 0.408 e. The van der Waals surface area contributed by atoms with Gasteiger partial charge in [-0.25, -0.2) is 14.6 Å². The average Bonchev–Trinajstić information content (AvgIpc) is 3.24. The molecule has 43 heavy (non-hydrogen) atoms. The molecule has 0 aliphatic heterocycles. The van der Waals surface area contributed by atoms with Crippen LogP contribution in [0.25, 0.3) is 11.0 Å². The van der Waals surface area contributed by atoms with Crippen molar-refractivity contribution in [2.24, 2.45) is 0 Å². The second-order valence-electron chi connectivity index (χ2n) is 13.3. The Bertz CT molecular complexity index is 1560. The fourth-order valence-corrected chi connectivity index (χ4v) is 4.89. The smallest absolute Gasteiger partial charge is 0.408 e. The number of hydrogen-bond donors (Lipinski definition) is 1. The summed E-state index contributed by atoms with van der Waals surface area (Å²) >= 11 is 0. The number of fused-ring (bicyclic) bond motifs is 1. The largest absolute Gasteiger partial charge is 0.459 e. The van der Waals surface area contributed by atoms with E-state index >= 15 is 0 Å². The Hall–Kier alpha value is -4.13. The second-order valence-corrected chi connectivity index (χ2v) is 13.3. The molecule has 1 unspecified atom stereocenters. The van der Waals surface area contributed by atoms with Crippen LogP contribution < -0.4 is 5.32 Å². The van der Waals surface area contributed by atoms with Crippen LogP contribution in [-0.2, 0) is 39.3 Å². The molecule has 228 valence electrons. The molecule has 4 aromatic rings. The zero-order valence-electron chi connectivity index (χ0n) is 26.8. The number of carbonyl (C=O) groups is 2. The van der Waals surface area contributed by atoms with Crippen molar-refractivity contribution < 1.29 is 19.1 Å². The molecule has 0 saturated carbocycles. The highest BCUT2D eigenvalue weighted by molar-refractivity contribution is 5.81. The van der Waals surface area contributed by atoms with Crippen LogP contribution >= 0.6 is 0 Å². The van der Waals surface area contributed by atoms with Crippen molar-refractivity contribution in [3.63, 3.8) is 0 Å². The number of nitrogens with one attached hydrogen (secondary N) is 1. The number of alkyl carbamates (subject to hydrolysis) is 1. The fraction of sp³-hybridized carbons (Fsp3) is 0.417. The predicted octanol–water partition coefficient (Wildman–Crippen LogP) is 7.57. The third-order valence-electron chi connectivity index (χ3n) is 7.46. The highest BCUT2D eigenvalue weighted by atomic mass is 16.6. The lowest BCUT2D eigenvalue weighted by molar-refractivity contribution is -0.147. The van der Waals surface area contributed by atoms with Crippen molar-refractivity contribution in [3.05, 3.63) is 100 Å². The van der Waals surface area contributed by atoms with Gasteiger partial charge < -0.3 is 19.4 Å². The molecule has 3 aromatic carbocycles. The summed E-state index contributed by atoms with van der Waals surface area (Å²) < 4.78 is 13.3. The van der Waals surface area contributed by atoms with E-state index in [0.717, 1.165) is 28.0 Å². The predicted molar refractivity (Wildman–Crippen MR) is 171 cm³/mol. The third kappa shape index (κ3) is 8.69. The first-order valence-corrected chi connectivity index (χ1v) is 15.0. The molecule has 0 radical (unpaired) electrons. The number of carbonyl (C=O) groups excluding carboxylic acids is 2. The zero-order chi connectivity index (χ0) is 31.4. The summed E-state index contributed by atoms with van der Waals surface area (Å²) in [7, 11) is 0. The Labute approximate surface area is 255 Å². The summed E-state index contributed by atoms with van der Waals surface area (Å²) in [5.41, 5.74) is 7.01. The van der Waals surface area contributed by atoms with Crippen LogP contribution in [0.5, 0.6) is 0 Å². The van der Waals surface area contributed by atoms with E-state index in [1.165, 1.54) is 16.7 Å². The molecule has 1 amide bonds. The van der Waals surface area contributed by atoms with Gasteiger partial charge >= 0.3 is 12.1 Å². The molecule has 1 N–H and O–H groups in total. The Morgan fingerprint density at radius 2 is 1.53 bits per heavy atom. The van der Waals surface area contributed by atoms with Crippen molar-refractivity contribution in [1.82, 2.24) is 14.9 Å². The van der Waals surface area contributed by atoms with Gasteiger partial charge in [0.25, 0.3) is 0 Å². The molecular formula is C36H45N3O4. The van der Waals surface area contributed by atoms with E-state index in [2.05, 4.69) is 80.9 Å². The number of esters is 1. The standard InChI is InChI=1S/C36H45N3O4/c1-24-20-30-31(21-25(24)2)39(22-26-14-16-28(17-15-26)35(3,4)5)32(37-30)19-18-29(38-34(41)43-36(6,7)8)33(40)42-23-27-12-10-9-11-13-27/h9-17,20-21,29H,18-19,22-23H2,1-8H3,(H,38,41). The van der Waals surface area contributed by atoms with Gasteiger partial charge in [-0.2, -0.15) is 0 Å². The number of ether oxygens (including phenoxy) is 2. The molecule has 0 bridgehead atoms. The van der Waals surface area contributed by atoms with Crippen molar-refractivity contribution in [2.45, 2.75) is 98.4 Å². The molecule has 0 aliphatic rings. The van der Waals surface area contributed by atoms with Gasteiger partial charge in [-0.3, -0.25) is 0 Å². The van der Waals surface area contributed by atoms with E-state index in [1.807, 2.05) is 30.3 Å². The van der Waals surface area contributed by atoms with Crippen LogP contribution in [0.2, 0.25) is 0 Å². The zero-order valence-corrected chi connectivity index (χ0v) is 26.8. The van der Waals surface area contributed by atoms with Crippen molar-refractivity contribution in [3.8, 4) is 0 Å². The van der Waals surface area contributed by atoms with E-state index in [0.29, 0.717) is 19.4 Å². The summed E-state index contributed by atoms with van der Waals surface area (Å²) in [5, 5.41) is 2.75. The van der Waals surface area contributed by atoms with Crippen LogP contribution in [0.15, 0.2) is 66.7 Å². The molecule has 0 aliphatic carbocycles. The Kier molecular flexibility index (Phi) is 9.63. The van der Waals surface area contributed by atoms with E-state index in [9.17, 15) is 9.59 Å². The van der Waals surface area contributed by atoms with Gasteiger partial charge in [0, 0.05) is 13.0 Å². The number of benzene rings is 3. The maximum atomic E-state index is 13.3. The number of aromatic nitrogens is 2. The average molecular weight is 584 g/mol. The van der Waals surface area contributed by atoms with E-state index in [4.69, 9.17) is 14.5 Å². The van der Waals surface area contributed by atoms with Crippen LogP contribution in [0, 0.1) is 13.8 Å². The normalized spacial score (nSPS) is 12.7. The van der Waals surface area contributed by atoms with Gasteiger partial charge in [0.05, 0.1) is 11.0 Å². The van der Waals surface area contributed by atoms with E-state index < -0.39 is 23.7 Å². The number of nitrogens with zero attached hydrogens (tertiary/aromatic N) is 2. The minimum absolute atomic E-state index is 0.0747. The molecular weight excluding hydrogens is 538 g/mol. The number of rotatable bonds is 9. The number of amides is 1. The first-order chi connectivity index (χ1) is 20.2. The summed E-state index contributed by atoms with van der Waals surface area (Å²) in [6, 6.07) is 21.6. The fourth-order valence-electron chi connectivity index (χ4n) is 4.89. The molecule has 0 fully saturated rings. The maximum absolute atomic E-state index is 13.3. The Balaban J connectivity index is 1.60. The van der Waals surface area contributed by atoms with Gasteiger partial charge in [0.2, 0.25) is 0 Å². The first kappa shape index (κ1) is 31.8. The van der Waals surface area contributed by atoms with Crippen molar-refractivity contribution >= 4 is 23.1 Å². The summed E-state index contributed by atoms with van der Waals surface area (Å²) in [5.74, 6) is 0.327. The second kappa shape index (κ2) is 13.0. The molecule has 4 rings (SSSR count). The van der Waals surface area contributed by atoms with Crippen LogP contribution in [0.4, 0.5) is 4.79 Å². The molecule has 1 aromatic heterocycles. The molecule has 0 spiro atoms. The molecule has 1 atom stereocenters. The third-order valence-corrected chi connectivity index (χ3v) is 7.46. The van der Waals surface area contributed by atoms with Crippen molar-refractivity contribution in [1.29, 1.82) is 0 Å². The number of hydrogen-bond acceptors (Lipinski definition) is 5. The molecule has 1 heterocycles. The molecule has 7 heteroatoms. The minimum atomic E-state index is -0.902. The Morgan fingerprint density at radius 1 is 0.884 bits per heavy atom. The van der Waals surface area contributed by atoms with E-state index in [1.54, 1.807) is 20.8 Å². The van der Waals surface area contributed by atoms with Gasteiger partial charge in [-0.1, -0.05) is 75.4 Å². The highest BCUT2D eigenvalue weighted by Gasteiger charge is 2.27. The monoisotopic (exact) mass is 583 g/mol. The van der Waals surface area contributed by atoms with Crippen LogP contribution in [-0.4, -0.2) is 33.3 Å². The van der Waals surface area contributed by atoms with Gasteiger partial charge in [-0.05, 0) is 86.4 Å². The highest BCUT2D eigenvalue weighted by Crippen LogP contribution is 2.26. The Morgan fingerprint density at radius 3 is 2.16 bits per heavy atom. The topological polar surface area (TPSA) is 82.4 Å². The van der Waals surface area contributed by atoms with Gasteiger partial charge in [0.15, 0.2) is 0 Å². The van der Waals surface area contributed by atoms with Gasteiger partial charge in [0.1, 0.15) is 24.1 Å². The summed E-state index contributed by atoms with van der Waals surface area (Å²) in [4.78, 5) is 31.0. The molecule has 0 saturated heterocycles. The van der Waals surface area contributed by atoms with Crippen LogP contribution in [0.1, 0.15) is 81.6 Å². The first-order valence-electron chi connectivity index (χ1n) is 15.0. The van der Waals surface area contributed by atoms with Gasteiger partial charge in [-0.15, -0.1) is 0 Å². The number of aryl methyl sites for hydroxylation is 3. The minimum Gasteiger partial charge on any atom is -0.459 e.